The highest BCUT2D eigenvalue weighted by Crippen LogP contribution is 2.15. The van der Waals surface area contributed by atoms with Crippen molar-refractivity contribution in [3.8, 4) is 5.75 Å². The van der Waals surface area contributed by atoms with Crippen LogP contribution in [0.5, 0.6) is 5.75 Å². The SMILES string of the molecule is CNC(=O)CNC(=O)c1ccc(OCc2nsnc2C)cc1. The predicted octanol–water partition coefficient (Wildman–Crippen LogP) is 0.901. The molecule has 1 aromatic carbocycles. The highest BCUT2D eigenvalue weighted by molar-refractivity contribution is 6.99. The van der Waals surface area contributed by atoms with E-state index in [0.29, 0.717) is 17.9 Å². The fourth-order valence-electron chi connectivity index (χ4n) is 1.59. The lowest BCUT2D eigenvalue weighted by atomic mass is 10.2. The van der Waals surface area contributed by atoms with Crippen molar-refractivity contribution in [2.24, 2.45) is 0 Å². The number of aryl methyl sites for hydroxylation is 1. The number of nitrogens with zero attached hydrogens (tertiary/aromatic N) is 2. The van der Waals surface area contributed by atoms with E-state index in [9.17, 15) is 9.59 Å². The van der Waals surface area contributed by atoms with E-state index in [-0.39, 0.29) is 18.4 Å². The molecule has 0 aliphatic rings. The Morgan fingerprint density at radius 3 is 2.55 bits per heavy atom. The van der Waals surface area contributed by atoms with Gasteiger partial charge in [-0.3, -0.25) is 9.59 Å². The van der Waals surface area contributed by atoms with Crippen LogP contribution in [0.15, 0.2) is 24.3 Å². The molecule has 0 bridgehead atoms. The van der Waals surface area contributed by atoms with Crippen LogP contribution in [0, 0.1) is 6.92 Å². The molecule has 0 radical (unpaired) electrons. The largest absolute Gasteiger partial charge is 0.487 e. The summed E-state index contributed by atoms with van der Waals surface area (Å²) in [5.41, 5.74) is 2.12. The summed E-state index contributed by atoms with van der Waals surface area (Å²) in [6.45, 7) is 2.16. The molecular formula is C14H16N4O3S. The molecule has 0 aliphatic carbocycles. The van der Waals surface area contributed by atoms with Gasteiger partial charge in [-0.2, -0.15) is 8.75 Å². The van der Waals surface area contributed by atoms with E-state index in [1.807, 2.05) is 6.92 Å². The maximum absolute atomic E-state index is 11.8. The summed E-state index contributed by atoms with van der Waals surface area (Å²) >= 11 is 1.15. The van der Waals surface area contributed by atoms with Crippen LogP contribution in [-0.2, 0) is 11.4 Å². The number of hydrogen-bond donors (Lipinski definition) is 2. The van der Waals surface area contributed by atoms with Gasteiger partial charge in [-0.15, -0.1) is 0 Å². The molecule has 0 spiro atoms. The van der Waals surface area contributed by atoms with E-state index < -0.39 is 0 Å². The number of carbonyl (C=O) groups is 2. The summed E-state index contributed by atoms with van der Waals surface area (Å²) in [6.07, 6.45) is 0. The van der Waals surface area contributed by atoms with Crippen molar-refractivity contribution in [3.63, 3.8) is 0 Å². The molecule has 2 N–H and O–H groups in total. The van der Waals surface area contributed by atoms with Gasteiger partial charge in [-0.25, -0.2) is 0 Å². The van der Waals surface area contributed by atoms with E-state index in [0.717, 1.165) is 23.1 Å². The minimum atomic E-state index is -0.310. The van der Waals surface area contributed by atoms with Gasteiger partial charge >= 0.3 is 0 Å². The van der Waals surface area contributed by atoms with Gasteiger partial charge in [-0.1, -0.05) is 0 Å². The monoisotopic (exact) mass is 320 g/mol. The number of rotatable bonds is 6. The molecular weight excluding hydrogens is 304 g/mol. The molecule has 22 heavy (non-hydrogen) atoms. The third kappa shape index (κ3) is 4.26. The smallest absolute Gasteiger partial charge is 0.251 e. The van der Waals surface area contributed by atoms with Crippen LogP contribution in [0.1, 0.15) is 21.7 Å². The van der Waals surface area contributed by atoms with Gasteiger partial charge in [0.05, 0.1) is 24.0 Å². The van der Waals surface area contributed by atoms with Crippen molar-refractivity contribution < 1.29 is 14.3 Å². The normalized spacial score (nSPS) is 10.1. The van der Waals surface area contributed by atoms with Crippen LogP contribution in [0.25, 0.3) is 0 Å². The molecule has 0 unspecified atom stereocenters. The zero-order valence-corrected chi connectivity index (χ0v) is 13.1. The van der Waals surface area contributed by atoms with Crippen LogP contribution in [-0.4, -0.2) is 34.2 Å². The molecule has 2 amide bonds. The minimum absolute atomic E-state index is 0.0519. The first-order valence-electron chi connectivity index (χ1n) is 6.60. The third-order valence-electron chi connectivity index (χ3n) is 2.93. The molecule has 0 atom stereocenters. The van der Waals surface area contributed by atoms with Gasteiger partial charge in [0.2, 0.25) is 5.91 Å². The fourth-order valence-corrected chi connectivity index (χ4v) is 2.14. The van der Waals surface area contributed by atoms with E-state index in [4.69, 9.17) is 4.74 Å². The number of carbonyl (C=O) groups excluding carboxylic acids is 2. The zero-order valence-electron chi connectivity index (χ0n) is 12.3. The lowest BCUT2D eigenvalue weighted by Gasteiger charge is -2.07. The number of benzene rings is 1. The molecule has 0 saturated carbocycles. The Bertz CT molecular complexity index is 654. The van der Waals surface area contributed by atoms with Gasteiger partial charge in [0, 0.05) is 12.6 Å². The van der Waals surface area contributed by atoms with Crippen molar-refractivity contribution >= 4 is 23.5 Å². The summed E-state index contributed by atoms with van der Waals surface area (Å²) in [7, 11) is 1.51. The number of nitrogens with one attached hydrogen (secondary N) is 2. The second kappa shape index (κ2) is 7.51. The lowest BCUT2D eigenvalue weighted by molar-refractivity contribution is -0.119. The van der Waals surface area contributed by atoms with Crippen molar-refractivity contribution in [1.29, 1.82) is 0 Å². The van der Waals surface area contributed by atoms with Gasteiger partial charge in [0.15, 0.2) is 0 Å². The van der Waals surface area contributed by atoms with Gasteiger partial charge in [0.25, 0.3) is 5.91 Å². The molecule has 2 aromatic rings. The highest BCUT2D eigenvalue weighted by Gasteiger charge is 2.08. The van der Waals surface area contributed by atoms with Crippen LogP contribution in [0.2, 0.25) is 0 Å². The van der Waals surface area contributed by atoms with Crippen molar-refractivity contribution in [3.05, 3.63) is 41.2 Å². The number of aromatic nitrogens is 2. The maximum Gasteiger partial charge on any atom is 0.251 e. The molecule has 1 aromatic heterocycles. The molecule has 2 rings (SSSR count). The van der Waals surface area contributed by atoms with Crippen LogP contribution >= 0.6 is 11.7 Å². The second-order valence-electron chi connectivity index (χ2n) is 4.47. The summed E-state index contributed by atoms with van der Waals surface area (Å²) in [5.74, 6) is 0.0745. The van der Waals surface area contributed by atoms with Gasteiger partial charge < -0.3 is 15.4 Å². The number of likely N-dealkylation sites (N-methyl/N-ethyl adjacent to an activating group) is 1. The average Bonchev–Trinajstić information content (AvgIpc) is 2.96. The molecule has 8 heteroatoms. The number of ether oxygens (including phenoxy) is 1. The van der Waals surface area contributed by atoms with E-state index in [1.165, 1.54) is 7.05 Å². The Hall–Kier alpha value is -2.48. The zero-order chi connectivity index (χ0) is 15.9. The van der Waals surface area contributed by atoms with Crippen molar-refractivity contribution in [1.82, 2.24) is 19.4 Å². The Balaban J connectivity index is 1.88. The molecule has 0 fully saturated rings. The Morgan fingerprint density at radius 2 is 1.95 bits per heavy atom. The Morgan fingerprint density at radius 1 is 1.23 bits per heavy atom. The van der Waals surface area contributed by atoms with E-state index in [1.54, 1.807) is 24.3 Å². The van der Waals surface area contributed by atoms with Gasteiger partial charge in [0.1, 0.15) is 18.1 Å². The molecule has 0 saturated heterocycles. The summed E-state index contributed by atoms with van der Waals surface area (Å²) in [6, 6.07) is 6.68. The second-order valence-corrected chi connectivity index (χ2v) is 4.99. The minimum Gasteiger partial charge on any atom is -0.487 e. The topological polar surface area (TPSA) is 93.2 Å². The molecule has 7 nitrogen and oxygen atoms in total. The van der Waals surface area contributed by atoms with Crippen molar-refractivity contribution in [2.75, 3.05) is 13.6 Å². The number of amides is 2. The van der Waals surface area contributed by atoms with Crippen LogP contribution in [0.3, 0.4) is 0 Å². The van der Waals surface area contributed by atoms with Crippen LogP contribution in [0.4, 0.5) is 0 Å². The molecule has 1 heterocycles. The Labute approximate surface area is 132 Å². The lowest BCUT2D eigenvalue weighted by Crippen LogP contribution is -2.35. The standard InChI is InChI=1S/C14H16N4O3S/c1-9-12(18-22-17-9)8-21-11-5-3-10(4-6-11)14(20)16-7-13(19)15-2/h3-6H,7-8H2,1-2H3,(H,15,19)(H,16,20). The summed E-state index contributed by atoms with van der Waals surface area (Å²) < 4.78 is 13.8. The highest BCUT2D eigenvalue weighted by atomic mass is 32.1. The quantitative estimate of drug-likeness (QED) is 0.825. The predicted molar refractivity (Wildman–Crippen MR) is 81.8 cm³/mol. The fraction of sp³-hybridized carbons (Fsp3) is 0.286. The van der Waals surface area contributed by atoms with Crippen molar-refractivity contribution in [2.45, 2.75) is 13.5 Å². The Kier molecular flexibility index (Phi) is 5.42. The van der Waals surface area contributed by atoms with Crippen LogP contribution < -0.4 is 15.4 Å². The molecule has 0 aliphatic heterocycles. The third-order valence-corrected chi connectivity index (χ3v) is 3.58. The van der Waals surface area contributed by atoms with E-state index in [2.05, 4.69) is 19.4 Å². The summed E-state index contributed by atoms with van der Waals surface area (Å²) in [5, 5.41) is 4.95. The summed E-state index contributed by atoms with van der Waals surface area (Å²) in [4.78, 5) is 22.9. The first-order valence-corrected chi connectivity index (χ1v) is 7.33. The first kappa shape index (κ1) is 15.9. The number of hydrogen-bond acceptors (Lipinski definition) is 6. The van der Waals surface area contributed by atoms with Gasteiger partial charge in [-0.05, 0) is 31.2 Å². The van der Waals surface area contributed by atoms with E-state index >= 15 is 0 Å². The maximum atomic E-state index is 11.8. The molecule has 116 valence electrons. The first-order chi connectivity index (χ1) is 10.6. The average molecular weight is 320 g/mol.